The van der Waals surface area contributed by atoms with Crippen molar-refractivity contribution in [1.82, 2.24) is 10.9 Å². The molecule has 0 saturated carbocycles. The van der Waals surface area contributed by atoms with Gasteiger partial charge in [-0.2, -0.15) is 4.90 Å². The van der Waals surface area contributed by atoms with Gasteiger partial charge in [-0.3, -0.25) is 15.6 Å². The maximum atomic E-state index is 12.4. The lowest BCUT2D eigenvalue weighted by molar-refractivity contribution is -0.377. The third-order valence-electron chi connectivity index (χ3n) is 3.84. The van der Waals surface area contributed by atoms with E-state index in [2.05, 4.69) is 26.8 Å². The summed E-state index contributed by atoms with van der Waals surface area (Å²) in [6, 6.07) is 16.4. The fraction of sp³-hybridized carbons (Fsp3) is 0. The smallest absolute Gasteiger partial charge is 0.269 e. The monoisotopic (exact) mass is 424 g/mol. The van der Waals surface area contributed by atoms with Crippen molar-refractivity contribution in [2.75, 3.05) is 0 Å². The van der Waals surface area contributed by atoms with Crippen LogP contribution in [0, 0.1) is 10.4 Å². The van der Waals surface area contributed by atoms with E-state index in [0.717, 1.165) is 10.0 Å². The Balaban J connectivity index is 1.86. The van der Waals surface area contributed by atoms with Crippen molar-refractivity contribution in [3.05, 3.63) is 110 Å². The zero-order valence-corrected chi connectivity index (χ0v) is 15.6. The van der Waals surface area contributed by atoms with Crippen molar-refractivity contribution in [3.8, 4) is 0 Å². The fourth-order valence-corrected chi connectivity index (χ4v) is 2.72. The Bertz CT molecular complexity index is 940. The number of hydrazine groups is 1. The van der Waals surface area contributed by atoms with Crippen LogP contribution in [0.5, 0.6) is 0 Å². The predicted molar refractivity (Wildman–Crippen MR) is 108 cm³/mol. The molecule has 0 heterocycles. The molecular formula is C20H15BrN3O3-. The number of hydrogen-bond acceptors (Lipinski definition) is 4. The molecule has 27 heavy (non-hydrogen) atoms. The van der Waals surface area contributed by atoms with Crippen molar-refractivity contribution in [2.24, 2.45) is 0 Å². The Hall–Kier alpha value is -3.32. The van der Waals surface area contributed by atoms with E-state index in [1.54, 1.807) is 36.4 Å². The first-order valence-corrected chi connectivity index (χ1v) is 8.83. The van der Waals surface area contributed by atoms with Crippen LogP contribution in [0.25, 0.3) is 5.70 Å². The number of nitrogens with one attached hydrogen (secondary N) is 2. The van der Waals surface area contributed by atoms with Crippen LogP contribution in [0.4, 0.5) is 0 Å². The highest BCUT2D eigenvalue weighted by atomic mass is 79.9. The molecule has 3 rings (SSSR count). The molecule has 0 aliphatic heterocycles. The number of carbonyl (C=O) groups excluding carboxylic acids is 1. The van der Waals surface area contributed by atoms with E-state index in [-0.39, 0.29) is 11.6 Å². The molecule has 1 aliphatic carbocycles. The van der Waals surface area contributed by atoms with Crippen LogP contribution < -0.4 is 10.9 Å². The second-order valence-electron chi connectivity index (χ2n) is 5.63. The normalized spacial score (nSPS) is 12.6. The summed E-state index contributed by atoms with van der Waals surface area (Å²) in [5.41, 5.74) is 8.32. The maximum Gasteiger partial charge on any atom is 0.269 e. The molecular weight excluding hydrogens is 410 g/mol. The van der Waals surface area contributed by atoms with Gasteiger partial charge in [0.15, 0.2) is 0 Å². The SMILES string of the molecule is O=C(NNC(=C1C=CC(=[N+]([O-])[O-])C=C1)c1ccccc1)c1ccc(Br)cc1. The van der Waals surface area contributed by atoms with Crippen LogP contribution in [0.15, 0.2) is 88.9 Å². The molecule has 2 N–H and O–H groups in total. The van der Waals surface area contributed by atoms with Gasteiger partial charge in [-0.05, 0) is 42.0 Å². The van der Waals surface area contributed by atoms with Gasteiger partial charge in [0.25, 0.3) is 5.91 Å². The molecule has 6 nitrogen and oxygen atoms in total. The van der Waals surface area contributed by atoms with Crippen molar-refractivity contribution in [1.29, 1.82) is 0 Å². The molecule has 0 bridgehead atoms. The number of benzene rings is 2. The van der Waals surface area contributed by atoms with Crippen molar-refractivity contribution < 1.29 is 9.70 Å². The Labute approximate surface area is 164 Å². The van der Waals surface area contributed by atoms with E-state index >= 15 is 0 Å². The summed E-state index contributed by atoms with van der Waals surface area (Å²) in [6.45, 7) is 0. The summed E-state index contributed by atoms with van der Waals surface area (Å²) in [6.07, 6.45) is 6.13. The summed E-state index contributed by atoms with van der Waals surface area (Å²) < 4.78 is 0.884. The maximum absolute atomic E-state index is 12.4. The second-order valence-corrected chi connectivity index (χ2v) is 6.55. The summed E-state index contributed by atoms with van der Waals surface area (Å²) in [4.78, 5) is 11.9. The second kappa shape index (κ2) is 8.37. The van der Waals surface area contributed by atoms with E-state index in [0.29, 0.717) is 16.8 Å². The molecule has 1 aliphatic rings. The fourth-order valence-electron chi connectivity index (χ4n) is 2.46. The van der Waals surface area contributed by atoms with Crippen LogP contribution in [0.3, 0.4) is 0 Å². The minimum Gasteiger partial charge on any atom is -0.612 e. The van der Waals surface area contributed by atoms with Gasteiger partial charge in [-0.15, -0.1) is 0 Å². The average Bonchev–Trinajstić information content (AvgIpc) is 2.69. The van der Waals surface area contributed by atoms with Crippen LogP contribution in [-0.2, 0) is 0 Å². The molecule has 7 heteroatoms. The highest BCUT2D eigenvalue weighted by molar-refractivity contribution is 9.10. The quantitative estimate of drug-likeness (QED) is 0.578. The number of amides is 1. The number of halogens is 1. The highest BCUT2D eigenvalue weighted by Crippen LogP contribution is 2.20. The van der Waals surface area contributed by atoms with Crippen molar-refractivity contribution in [2.45, 2.75) is 0 Å². The van der Waals surface area contributed by atoms with Gasteiger partial charge in [0.2, 0.25) is 5.71 Å². The third-order valence-corrected chi connectivity index (χ3v) is 4.37. The summed E-state index contributed by atoms with van der Waals surface area (Å²) in [7, 11) is 0. The van der Waals surface area contributed by atoms with E-state index in [9.17, 15) is 15.2 Å². The van der Waals surface area contributed by atoms with Gasteiger partial charge >= 0.3 is 0 Å². The Morgan fingerprint density at radius 2 is 1.44 bits per heavy atom. The molecule has 1 amide bonds. The first kappa shape index (κ1) is 18.5. The highest BCUT2D eigenvalue weighted by Gasteiger charge is 2.12. The number of nitrogens with zero attached hydrogens (tertiary/aromatic N) is 1. The van der Waals surface area contributed by atoms with E-state index in [1.165, 1.54) is 12.2 Å². The molecule has 0 saturated heterocycles. The molecule has 0 aromatic heterocycles. The van der Waals surface area contributed by atoms with Crippen LogP contribution >= 0.6 is 15.9 Å². The zero-order chi connectivity index (χ0) is 19.2. The number of rotatable bonds is 4. The summed E-state index contributed by atoms with van der Waals surface area (Å²) in [5, 5.41) is 21.7. The summed E-state index contributed by atoms with van der Waals surface area (Å²) in [5.74, 6) is -0.294. The number of allylic oxidation sites excluding steroid dienone is 5. The Kier molecular flexibility index (Phi) is 5.73. The molecule has 0 unspecified atom stereocenters. The molecule has 136 valence electrons. The summed E-state index contributed by atoms with van der Waals surface area (Å²) >= 11 is 3.33. The number of carbonyl (C=O) groups is 1. The average molecular weight is 425 g/mol. The molecule has 0 radical (unpaired) electrons. The lowest BCUT2D eigenvalue weighted by atomic mass is 10.0. The molecule has 0 fully saturated rings. The topological polar surface area (TPSA) is 90.3 Å². The van der Waals surface area contributed by atoms with Crippen molar-refractivity contribution in [3.63, 3.8) is 0 Å². The van der Waals surface area contributed by atoms with E-state index in [1.807, 2.05) is 30.3 Å². The molecule has 0 spiro atoms. The number of hydrogen-bond donors (Lipinski definition) is 2. The van der Waals surface area contributed by atoms with Crippen LogP contribution in [0.1, 0.15) is 15.9 Å². The lowest BCUT2D eigenvalue weighted by Crippen LogP contribution is -2.36. The van der Waals surface area contributed by atoms with Crippen molar-refractivity contribution >= 4 is 33.2 Å². The van der Waals surface area contributed by atoms with Gasteiger partial charge in [0.05, 0.1) is 5.70 Å². The van der Waals surface area contributed by atoms with E-state index in [4.69, 9.17) is 0 Å². The van der Waals surface area contributed by atoms with Crippen LogP contribution in [0.2, 0.25) is 0 Å². The van der Waals surface area contributed by atoms with Gasteiger partial charge < -0.3 is 10.4 Å². The third kappa shape index (κ3) is 4.65. The first-order valence-electron chi connectivity index (χ1n) is 8.04. The molecule has 2 aromatic rings. The molecule has 2 aromatic carbocycles. The minimum absolute atomic E-state index is 0.00468. The standard InChI is InChI=1S/C20H15BrN3O3/c21-17-10-6-16(7-11-17)20(25)23-22-19(14-4-2-1-3-5-14)15-8-12-18(13-9-15)24(26)27/h1-13,22H,(H-,23,25,26,27)/q-1. The largest absolute Gasteiger partial charge is 0.612 e. The Morgan fingerprint density at radius 3 is 2.04 bits per heavy atom. The predicted octanol–water partition coefficient (Wildman–Crippen LogP) is 3.67. The Morgan fingerprint density at radius 1 is 0.815 bits per heavy atom. The van der Waals surface area contributed by atoms with Gasteiger partial charge in [0, 0.05) is 27.8 Å². The minimum atomic E-state index is -0.450. The van der Waals surface area contributed by atoms with Crippen LogP contribution in [-0.4, -0.2) is 16.5 Å². The lowest BCUT2D eigenvalue weighted by Gasteiger charge is -2.16. The van der Waals surface area contributed by atoms with E-state index < -0.39 is 4.90 Å². The van der Waals surface area contributed by atoms with Gasteiger partial charge in [0.1, 0.15) is 0 Å². The van der Waals surface area contributed by atoms with Gasteiger partial charge in [-0.25, -0.2) is 0 Å². The van der Waals surface area contributed by atoms with Gasteiger partial charge in [-0.1, -0.05) is 46.3 Å². The molecule has 0 atom stereocenters. The zero-order valence-electron chi connectivity index (χ0n) is 14.1. The first-order chi connectivity index (χ1) is 13.0.